The quantitative estimate of drug-likeness (QED) is 0.884. The molecule has 22 heavy (non-hydrogen) atoms. The zero-order chi connectivity index (χ0) is 16.0. The van der Waals surface area contributed by atoms with E-state index in [9.17, 15) is 9.59 Å². The standard InChI is InChI=1S/C16H16BrNO4/c1-8-5-10-7-13(22-14(10)12(17)6-8)15(19)18-4-3-11(9(18)2)16(20)21/h5-7,9,11H,3-4H2,1-2H3,(H,20,21). The molecule has 2 heterocycles. The van der Waals surface area contributed by atoms with Crippen LogP contribution in [0.15, 0.2) is 27.1 Å². The zero-order valence-electron chi connectivity index (χ0n) is 12.3. The number of fused-ring (bicyclic) bond motifs is 1. The number of rotatable bonds is 2. The lowest BCUT2D eigenvalue weighted by Gasteiger charge is -2.22. The van der Waals surface area contributed by atoms with E-state index in [0.29, 0.717) is 18.5 Å². The van der Waals surface area contributed by atoms with E-state index in [-0.39, 0.29) is 17.7 Å². The van der Waals surface area contributed by atoms with Gasteiger partial charge in [-0.2, -0.15) is 0 Å². The van der Waals surface area contributed by atoms with Crippen LogP contribution in [-0.4, -0.2) is 34.5 Å². The van der Waals surface area contributed by atoms with Crippen molar-refractivity contribution in [1.29, 1.82) is 0 Å². The molecule has 1 aromatic heterocycles. The van der Waals surface area contributed by atoms with Gasteiger partial charge in [-0.1, -0.05) is 0 Å². The van der Waals surface area contributed by atoms with Crippen LogP contribution in [0.5, 0.6) is 0 Å². The zero-order valence-corrected chi connectivity index (χ0v) is 13.9. The maximum atomic E-state index is 12.6. The van der Waals surface area contributed by atoms with Gasteiger partial charge in [0.05, 0.1) is 10.4 Å². The molecule has 1 aliphatic heterocycles. The predicted octanol–water partition coefficient (Wildman–Crippen LogP) is 3.44. The Labute approximate surface area is 136 Å². The van der Waals surface area contributed by atoms with Gasteiger partial charge in [-0.05, 0) is 60.0 Å². The fourth-order valence-corrected chi connectivity index (χ4v) is 3.73. The lowest BCUT2D eigenvalue weighted by atomic mass is 10.0. The number of furan rings is 1. The Balaban J connectivity index is 1.93. The second-order valence-electron chi connectivity index (χ2n) is 5.75. The second kappa shape index (κ2) is 5.43. The molecule has 0 spiro atoms. The molecule has 1 aliphatic rings. The van der Waals surface area contributed by atoms with E-state index in [1.165, 1.54) is 0 Å². The van der Waals surface area contributed by atoms with E-state index in [0.717, 1.165) is 15.4 Å². The van der Waals surface area contributed by atoms with Crippen LogP contribution in [0.25, 0.3) is 11.0 Å². The number of hydrogen-bond acceptors (Lipinski definition) is 3. The number of aryl methyl sites for hydroxylation is 1. The van der Waals surface area contributed by atoms with Crippen molar-refractivity contribution in [3.63, 3.8) is 0 Å². The molecular weight excluding hydrogens is 350 g/mol. The Kier molecular flexibility index (Phi) is 3.72. The fourth-order valence-electron chi connectivity index (χ4n) is 3.05. The van der Waals surface area contributed by atoms with Crippen molar-refractivity contribution in [2.45, 2.75) is 26.3 Å². The first-order valence-corrected chi connectivity index (χ1v) is 7.91. The third-order valence-corrected chi connectivity index (χ3v) is 4.85. The minimum absolute atomic E-state index is 0.249. The number of carbonyl (C=O) groups excluding carboxylic acids is 1. The van der Waals surface area contributed by atoms with Crippen molar-refractivity contribution < 1.29 is 19.1 Å². The minimum Gasteiger partial charge on any atom is -0.481 e. The number of amides is 1. The SMILES string of the molecule is Cc1cc(Br)c2oc(C(=O)N3CCC(C(=O)O)C3C)cc2c1. The molecule has 1 aromatic carbocycles. The molecule has 2 atom stereocenters. The molecule has 1 fully saturated rings. The molecule has 0 bridgehead atoms. The largest absolute Gasteiger partial charge is 0.481 e. The van der Waals surface area contributed by atoms with E-state index in [1.807, 2.05) is 19.1 Å². The van der Waals surface area contributed by atoms with E-state index < -0.39 is 11.9 Å². The highest BCUT2D eigenvalue weighted by Crippen LogP contribution is 2.31. The maximum absolute atomic E-state index is 12.6. The molecule has 1 N–H and O–H groups in total. The number of carboxylic acids is 1. The van der Waals surface area contributed by atoms with Crippen molar-refractivity contribution in [3.8, 4) is 0 Å². The summed E-state index contributed by atoms with van der Waals surface area (Å²) in [7, 11) is 0. The van der Waals surface area contributed by atoms with Gasteiger partial charge in [0.25, 0.3) is 5.91 Å². The average molecular weight is 366 g/mol. The summed E-state index contributed by atoms with van der Waals surface area (Å²) in [5.74, 6) is -1.37. The van der Waals surface area contributed by atoms with Crippen LogP contribution in [0.1, 0.15) is 29.5 Å². The van der Waals surface area contributed by atoms with Crippen molar-refractivity contribution in [2.75, 3.05) is 6.54 Å². The van der Waals surface area contributed by atoms with Gasteiger partial charge in [-0.25, -0.2) is 0 Å². The van der Waals surface area contributed by atoms with Crippen LogP contribution < -0.4 is 0 Å². The third kappa shape index (κ3) is 2.41. The molecule has 3 rings (SSSR count). The monoisotopic (exact) mass is 365 g/mol. The van der Waals surface area contributed by atoms with E-state index in [1.54, 1.807) is 17.9 Å². The lowest BCUT2D eigenvalue weighted by Crippen LogP contribution is -2.37. The number of hydrogen-bond donors (Lipinski definition) is 1. The molecule has 6 heteroatoms. The van der Waals surface area contributed by atoms with Crippen LogP contribution in [0.3, 0.4) is 0 Å². The number of nitrogens with zero attached hydrogens (tertiary/aromatic N) is 1. The Morgan fingerprint density at radius 3 is 2.73 bits per heavy atom. The van der Waals surface area contributed by atoms with Crippen LogP contribution in [0, 0.1) is 12.8 Å². The van der Waals surface area contributed by atoms with Crippen LogP contribution >= 0.6 is 15.9 Å². The van der Waals surface area contributed by atoms with E-state index >= 15 is 0 Å². The average Bonchev–Trinajstić information content (AvgIpc) is 3.01. The maximum Gasteiger partial charge on any atom is 0.308 e. The minimum atomic E-state index is -0.856. The van der Waals surface area contributed by atoms with E-state index in [4.69, 9.17) is 9.52 Å². The fraction of sp³-hybridized carbons (Fsp3) is 0.375. The summed E-state index contributed by atoms with van der Waals surface area (Å²) in [4.78, 5) is 25.4. The van der Waals surface area contributed by atoms with Crippen molar-refractivity contribution >= 4 is 38.8 Å². The van der Waals surface area contributed by atoms with Gasteiger partial charge >= 0.3 is 5.97 Å². The van der Waals surface area contributed by atoms with E-state index in [2.05, 4.69) is 15.9 Å². The molecule has 2 unspecified atom stereocenters. The number of benzene rings is 1. The van der Waals surface area contributed by atoms with Gasteiger partial charge in [0.15, 0.2) is 5.76 Å². The lowest BCUT2D eigenvalue weighted by molar-refractivity contribution is -0.142. The summed E-state index contributed by atoms with van der Waals surface area (Å²) in [6.07, 6.45) is 0.477. The van der Waals surface area contributed by atoms with Gasteiger partial charge in [0.1, 0.15) is 5.58 Å². The predicted molar refractivity (Wildman–Crippen MR) is 84.9 cm³/mol. The first-order chi connectivity index (χ1) is 10.4. The molecule has 0 radical (unpaired) electrons. The summed E-state index contributed by atoms with van der Waals surface area (Å²) < 4.78 is 6.49. The van der Waals surface area contributed by atoms with Gasteiger partial charge in [0.2, 0.25) is 0 Å². The molecule has 1 saturated heterocycles. The summed E-state index contributed by atoms with van der Waals surface area (Å²) in [5.41, 5.74) is 1.70. The van der Waals surface area contributed by atoms with Crippen molar-refractivity contribution in [1.82, 2.24) is 4.90 Å². The van der Waals surface area contributed by atoms with Crippen LogP contribution in [0.4, 0.5) is 0 Å². The highest BCUT2D eigenvalue weighted by Gasteiger charge is 2.39. The normalized spacial score (nSPS) is 21.5. The van der Waals surface area contributed by atoms with Gasteiger partial charge in [0, 0.05) is 18.0 Å². The molecule has 1 amide bonds. The van der Waals surface area contributed by atoms with Crippen LogP contribution in [-0.2, 0) is 4.79 Å². The Morgan fingerprint density at radius 1 is 1.36 bits per heavy atom. The molecule has 0 saturated carbocycles. The Morgan fingerprint density at radius 2 is 2.09 bits per heavy atom. The number of carbonyl (C=O) groups is 2. The van der Waals surface area contributed by atoms with Crippen molar-refractivity contribution in [3.05, 3.63) is 34.0 Å². The topological polar surface area (TPSA) is 70.8 Å². The van der Waals surface area contributed by atoms with Gasteiger partial charge in [-0.15, -0.1) is 0 Å². The first-order valence-electron chi connectivity index (χ1n) is 7.12. The second-order valence-corrected chi connectivity index (χ2v) is 6.60. The summed E-state index contributed by atoms with van der Waals surface area (Å²) in [5, 5.41) is 10.0. The number of aliphatic carboxylic acids is 1. The number of carboxylic acid groups (broad SMARTS) is 1. The first kappa shape index (κ1) is 15.1. The Hall–Kier alpha value is -1.82. The Bertz CT molecular complexity index is 767. The summed E-state index contributed by atoms with van der Waals surface area (Å²) >= 11 is 3.44. The number of halogens is 1. The molecule has 116 valence electrons. The molecule has 2 aromatic rings. The summed E-state index contributed by atoms with van der Waals surface area (Å²) in [6.45, 7) is 4.18. The highest BCUT2D eigenvalue weighted by atomic mass is 79.9. The molecular formula is C16H16BrNO4. The van der Waals surface area contributed by atoms with Crippen molar-refractivity contribution in [2.24, 2.45) is 5.92 Å². The van der Waals surface area contributed by atoms with Crippen LogP contribution in [0.2, 0.25) is 0 Å². The summed E-state index contributed by atoms with van der Waals surface area (Å²) in [6, 6.07) is 5.27. The smallest absolute Gasteiger partial charge is 0.308 e. The van der Waals surface area contributed by atoms with Gasteiger partial charge < -0.3 is 14.4 Å². The highest BCUT2D eigenvalue weighted by molar-refractivity contribution is 9.10. The molecule has 0 aliphatic carbocycles. The molecule has 5 nitrogen and oxygen atoms in total. The van der Waals surface area contributed by atoms with Gasteiger partial charge in [-0.3, -0.25) is 9.59 Å². The third-order valence-electron chi connectivity index (χ3n) is 4.26. The number of likely N-dealkylation sites (tertiary alicyclic amines) is 1.